The Morgan fingerprint density at radius 1 is 1.16 bits per heavy atom. The summed E-state index contributed by atoms with van der Waals surface area (Å²) >= 11 is 1.46. The van der Waals surface area contributed by atoms with Crippen LogP contribution >= 0.6 is 11.3 Å². The second kappa shape index (κ2) is 6.96. The largest absolute Gasteiger partial charge is 0.478 e. The highest BCUT2D eigenvalue weighted by atomic mass is 32.1. The summed E-state index contributed by atoms with van der Waals surface area (Å²) in [4.78, 5) is 29.2. The summed E-state index contributed by atoms with van der Waals surface area (Å²) in [6.07, 6.45) is 4.75. The molecule has 6 heteroatoms. The van der Waals surface area contributed by atoms with Crippen molar-refractivity contribution in [2.75, 3.05) is 5.32 Å². The first-order valence-corrected chi connectivity index (χ1v) is 9.31. The van der Waals surface area contributed by atoms with E-state index in [1.807, 2.05) is 13.8 Å². The number of carboxylic acid groups (broad SMARTS) is 1. The third-order valence-corrected chi connectivity index (χ3v) is 6.09. The molecule has 1 aliphatic carbocycles. The molecule has 0 atom stereocenters. The number of anilines is 1. The highest BCUT2D eigenvalue weighted by molar-refractivity contribution is 7.14. The molecule has 25 heavy (non-hydrogen) atoms. The molecule has 1 fully saturated rings. The van der Waals surface area contributed by atoms with Crippen LogP contribution in [0.3, 0.4) is 0 Å². The first kappa shape index (κ1) is 17.6. The highest BCUT2D eigenvalue weighted by Gasteiger charge is 2.24. The number of amides is 1. The molecule has 1 aromatic heterocycles. The van der Waals surface area contributed by atoms with Gasteiger partial charge in [-0.3, -0.25) is 4.79 Å². The zero-order chi connectivity index (χ0) is 18.1. The first-order valence-electron chi connectivity index (χ1n) is 8.50. The van der Waals surface area contributed by atoms with Crippen molar-refractivity contribution in [2.45, 2.75) is 52.4 Å². The van der Waals surface area contributed by atoms with Gasteiger partial charge in [0.1, 0.15) is 4.88 Å². The Bertz CT molecular complexity index is 835. The summed E-state index contributed by atoms with van der Waals surface area (Å²) in [7, 11) is 0. The van der Waals surface area contributed by atoms with E-state index in [0.717, 1.165) is 29.1 Å². The van der Waals surface area contributed by atoms with E-state index in [0.29, 0.717) is 22.0 Å². The summed E-state index contributed by atoms with van der Waals surface area (Å²) in [5.74, 6) is -0.738. The molecule has 1 saturated carbocycles. The summed E-state index contributed by atoms with van der Waals surface area (Å²) in [5, 5.41) is 13.2. The number of carbonyl (C=O) groups excluding carboxylic acids is 1. The van der Waals surface area contributed by atoms with E-state index in [4.69, 9.17) is 0 Å². The van der Waals surface area contributed by atoms with E-state index in [1.54, 1.807) is 13.0 Å². The monoisotopic (exact) mass is 358 g/mol. The number of thiazole rings is 1. The maximum Gasteiger partial charge on any atom is 0.336 e. The minimum absolute atomic E-state index is 0.202. The fourth-order valence-corrected chi connectivity index (χ4v) is 4.50. The van der Waals surface area contributed by atoms with E-state index >= 15 is 0 Å². The summed E-state index contributed by atoms with van der Waals surface area (Å²) in [5.41, 5.74) is 3.00. The molecule has 0 bridgehead atoms. The smallest absolute Gasteiger partial charge is 0.336 e. The van der Waals surface area contributed by atoms with Gasteiger partial charge in [0.15, 0.2) is 0 Å². The maximum atomic E-state index is 12.7. The molecule has 0 saturated heterocycles. The zero-order valence-corrected chi connectivity index (χ0v) is 15.5. The molecule has 1 aromatic carbocycles. The summed E-state index contributed by atoms with van der Waals surface area (Å²) < 4.78 is 0. The Kier molecular flexibility index (Phi) is 4.90. The zero-order valence-electron chi connectivity index (χ0n) is 14.7. The van der Waals surface area contributed by atoms with Crippen LogP contribution in [-0.4, -0.2) is 22.0 Å². The lowest BCUT2D eigenvalue weighted by Crippen LogP contribution is -2.13. The number of benzene rings is 1. The van der Waals surface area contributed by atoms with Crippen molar-refractivity contribution in [1.82, 2.24) is 4.98 Å². The number of nitrogens with zero attached hydrogens (tertiary/aromatic N) is 1. The molecule has 2 N–H and O–H groups in total. The fourth-order valence-electron chi connectivity index (χ4n) is 3.37. The van der Waals surface area contributed by atoms with Gasteiger partial charge in [-0.05, 0) is 50.8 Å². The van der Waals surface area contributed by atoms with Crippen molar-refractivity contribution in [3.05, 3.63) is 44.4 Å². The molecule has 1 amide bonds. The van der Waals surface area contributed by atoms with Crippen LogP contribution in [0.5, 0.6) is 0 Å². The van der Waals surface area contributed by atoms with Crippen LogP contribution in [0.15, 0.2) is 12.1 Å². The van der Waals surface area contributed by atoms with Gasteiger partial charge in [0.05, 0.1) is 16.3 Å². The first-order chi connectivity index (χ1) is 11.9. The quantitative estimate of drug-likeness (QED) is 0.832. The fraction of sp³-hybridized carbons (Fsp3) is 0.421. The molecule has 132 valence electrons. The molecule has 0 spiro atoms. The number of rotatable bonds is 4. The molecular weight excluding hydrogens is 336 g/mol. The Labute approximate surface area is 151 Å². The van der Waals surface area contributed by atoms with E-state index in [1.165, 1.54) is 30.2 Å². The number of hydrogen-bond acceptors (Lipinski definition) is 4. The predicted molar refractivity (Wildman–Crippen MR) is 98.9 cm³/mol. The van der Waals surface area contributed by atoms with Gasteiger partial charge in [-0.2, -0.15) is 0 Å². The number of aromatic carboxylic acids is 1. The van der Waals surface area contributed by atoms with Crippen molar-refractivity contribution >= 4 is 28.9 Å². The van der Waals surface area contributed by atoms with E-state index in [2.05, 4.69) is 10.3 Å². The molecule has 0 radical (unpaired) electrons. The van der Waals surface area contributed by atoms with Crippen molar-refractivity contribution in [3.63, 3.8) is 0 Å². The van der Waals surface area contributed by atoms with Gasteiger partial charge in [-0.25, -0.2) is 9.78 Å². The standard InChI is InChI=1S/C19H22N2O3S/c1-10-8-11(2)15(9-14(10)19(23)24)21-17(22)16-12(3)20-18(25-16)13-6-4-5-7-13/h8-9,13H,4-7H2,1-3H3,(H,21,22)(H,23,24). The number of carboxylic acids is 1. The highest BCUT2D eigenvalue weighted by Crippen LogP contribution is 2.37. The third kappa shape index (κ3) is 3.58. The van der Waals surface area contributed by atoms with Gasteiger partial charge in [0, 0.05) is 11.6 Å². The summed E-state index contributed by atoms with van der Waals surface area (Å²) in [6, 6.07) is 3.31. The van der Waals surface area contributed by atoms with E-state index < -0.39 is 5.97 Å². The Hall–Kier alpha value is -2.21. The minimum atomic E-state index is -0.995. The summed E-state index contributed by atoms with van der Waals surface area (Å²) in [6.45, 7) is 5.47. The Morgan fingerprint density at radius 3 is 2.48 bits per heavy atom. The van der Waals surface area contributed by atoms with Crippen LogP contribution in [0.25, 0.3) is 0 Å². The van der Waals surface area contributed by atoms with Crippen molar-refractivity contribution in [3.8, 4) is 0 Å². The van der Waals surface area contributed by atoms with Crippen LogP contribution in [0.4, 0.5) is 5.69 Å². The molecule has 0 unspecified atom stereocenters. The van der Waals surface area contributed by atoms with Crippen molar-refractivity contribution in [2.24, 2.45) is 0 Å². The van der Waals surface area contributed by atoms with Crippen molar-refractivity contribution in [1.29, 1.82) is 0 Å². The molecular formula is C19H22N2O3S. The lowest BCUT2D eigenvalue weighted by atomic mass is 10.0. The number of hydrogen-bond donors (Lipinski definition) is 2. The van der Waals surface area contributed by atoms with Gasteiger partial charge >= 0.3 is 5.97 Å². The molecule has 0 aliphatic heterocycles. The van der Waals surface area contributed by atoms with Gasteiger partial charge in [-0.1, -0.05) is 18.9 Å². The number of carbonyl (C=O) groups is 2. The van der Waals surface area contributed by atoms with Crippen LogP contribution in [0.2, 0.25) is 0 Å². The Morgan fingerprint density at radius 2 is 1.84 bits per heavy atom. The Balaban J connectivity index is 1.85. The second-order valence-electron chi connectivity index (χ2n) is 6.69. The van der Waals surface area contributed by atoms with E-state index in [9.17, 15) is 14.7 Å². The maximum absolute atomic E-state index is 12.7. The number of aryl methyl sites for hydroxylation is 3. The van der Waals surface area contributed by atoms with Gasteiger partial charge in [0.2, 0.25) is 0 Å². The normalized spacial score (nSPS) is 14.7. The van der Waals surface area contributed by atoms with E-state index in [-0.39, 0.29) is 11.5 Å². The van der Waals surface area contributed by atoms with Gasteiger partial charge in [0.25, 0.3) is 5.91 Å². The van der Waals surface area contributed by atoms with Crippen LogP contribution in [0, 0.1) is 20.8 Å². The molecule has 2 aromatic rings. The lowest BCUT2D eigenvalue weighted by Gasteiger charge is -2.11. The molecule has 1 heterocycles. The molecule has 5 nitrogen and oxygen atoms in total. The third-order valence-electron chi connectivity index (χ3n) is 4.77. The average molecular weight is 358 g/mol. The lowest BCUT2D eigenvalue weighted by molar-refractivity contribution is 0.0695. The second-order valence-corrected chi connectivity index (χ2v) is 7.72. The number of aromatic nitrogens is 1. The SMILES string of the molecule is Cc1cc(C)c(C(=O)O)cc1NC(=O)c1sc(C2CCCC2)nc1C. The van der Waals surface area contributed by atoms with Crippen LogP contribution < -0.4 is 5.32 Å². The van der Waals surface area contributed by atoms with Gasteiger partial charge in [-0.15, -0.1) is 11.3 Å². The number of nitrogens with one attached hydrogen (secondary N) is 1. The van der Waals surface area contributed by atoms with Crippen LogP contribution in [0.1, 0.15) is 73.5 Å². The topological polar surface area (TPSA) is 79.3 Å². The average Bonchev–Trinajstić information content (AvgIpc) is 3.18. The molecule has 1 aliphatic rings. The van der Waals surface area contributed by atoms with Crippen LogP contribution in [-0.2, 0) is 0 Å². The van der Waals surface area contributed by atoms with Crippen molar-refractivity contribution < 1.29 is 14.7 Å². The predicted octanol–water partition coefficient (Wildman–Crippen LogP) is 4.68. The minimum Gasteiger partial charge on any atom is -0.478 e. The van der Waals surface area contributed by atoms with Gasteiger partial charge < -0.3 is 10.4 Å². The molecule has 3 rings (SSSR count).